The molecule has 0 aromatic heterocycles. The molecule has 0 aliphatic heterocycles. The van der Waals surface area contributed by atoms with E-state index in [1.54, 1.807) is 0 Å². The smallest absolute Gasteiger partial charge is 0.323 e. The molecule has 192 valence electrons. The molecule has 0 rings (SSSR count). The predicted octanol–water partition coefficient (Wildman–Crippen LogP) is 9.11. The van der Waals surface area contributed by atoms with Crippen LogP contribution < -0.4 is 5.73 Å². The minimum Gasteiger partial charge on any atom is -0.461 e. The van der Waals surface area contributed by atoms with E-state index in [1.165, 1.54) is 122 Å². The zero-order valence-corrected chi connectivity index (χ0v) is 22.5. The van der Waals surface area contributed by atoms with E-state index in [1.807, 2.05) is 13.8 Å². The van der Waals surface area contributed by atoms with Crippen LogP contribution in [0.25, 0.3) is 0 Å². The molecule has 2 atom stereocenters. The van der Waals surface area contributed by atoms with Crippen LogP contribution in [0.3, 0.4) is 0 Å². The molecule has 0 amide bonds. The molecule has 0 heterocycles. The van der Waals surface area contributed by atoms with Crippen LogP contribution in [0.5, 0.6) is 0 Å². The van der Waals surface area contributed by atoms with E-state index in [4.69, 9.17) is 10.5 Å². The molecule has 0 fully saturated rings. The number of ether oxygens (including phenoxy) is 1. The molecule has 32 heavy (non-hydrogen) atoms. The van der Waals surface area contributed by atoms with Crippen LogP contribution in [-0.2, 0) is 9.53 Å². The van der Waals surface area contributed by atoms with Gasteiger partial charge in [0.2, 0.25) is 0 Å². The van der Waals surface area contributed by atoms with Gasteiger partial charge in [0.25, 0.3) is 0 Å². The van der Waals surface area contributed by atoms with Crippen LogP contribution >= 0.6 is 0 Å². The number of rotatable bonds is 24. The van der Waals surface area contributed by atoms with Crippen molar-refractivity contribution in [1.82, 2.24) is 0 Å². The first-order valence-corrected chi connectivity index (χ1v) is 14.5. The highest BCUT2D eigenvalue weighted by Gasteiger charge is 2.22. The van der Waals surface area contributed by atoms with Gasteiger partial charge in [-0.1, -0.05) is 137 Å². The maximum atomic E-state index is 12.4. The number of nitrogens with two attached hydrogens (primary N) is 1. The normalized spacial score (nSPS) is 13.4. The molecule has 2 N–H and O–H groups in total. The highest BCUT2D eigenvalue weighted by molar-refractivity contribution is 5.75. The average molecular weight is 454 g/mol. The predicted molar refractivity (Wildman–Crippen MR) is 141 cm³/mol. The van der Waals surface area contributed by atoms with Gasteiger partial charge in [-0.05, 0) is 31.6 Å². The first-order chi connectivity index (χ1) is 15.5. The van der Waals surface area contributed by atoms with Gasteiger partial charge >= 0.3 is 5.97 Å². The quantitative estimate of drug-likeness (QED) is 0.117. The van der Waals surface area contributed by atoms with Crippen molar-refractivity contribution >= 4 is 5.97 Å². The zero-order chi connectivity index (χ0) is 23.9. The summed E-state index contributed by atoms with van der Waals surface area (Å²) in [6.45, 7) is 8.52. The topological polar surface area (TPSA) is 52.3 Å². The van der Waals surface area contributed by atoms with E-state index in [0.29, 0.717) is 0 Å². The van der Waals surface area contributed by atoms with Crippen LogP contribution in [0.2, 0.25) is 0 Å². The largest absolute Gasteiger partial charge is 0.461 e. The Kier molecular flexibility index (Phi) is 23.2. The fourth-order valence-electron chi connectivity index (χ4n) is 4.32. The summed E-state index contributed by atoms with van der Waals surface area (Å²) in [5, 5.41) is 0. The van der Waals surface area contributed by atoms with Crippen molar-refractivity contribution in [2.24, 2.45) is 11.7 Å². The van der Waals surface area contributed by atoms with Crippen molar-refractivity contribution in [1.29, 1.82) is 0 Å². The summed E-state index contributed by atoms with van der Waals surface area (Å²) in [5.74, 6) is -0.0686. The Labute approximate surface area is 202 Å². The van der Waals surface area contributed by atoms with Crippen molar-refractivity contribution in [3.8, 4) is 0 Å². The van der Waals surface area contributed by atoms with Gasteiger partial charge in [0, 0.05) is 0 Å². The molecular formula is C29H59NO2. The van der Waals surface area contributed by atoms with Gasteiger partial charge in [-0.25, -0.2) is 0 Å². The Morgan fingerprint density at radius 1 is 0.594 bits per heavy atom. The SMILES string of the molecule is CCCCCCCCCCCCCC(CCCCCCCCCC)OC(=O)C(N)C(C)C. The van der Waals surface area contributed by atoms with Crippen LogP contribution in [0.15, 0.2) is 0 Å². The Morgan fingerprint density at radius 2 is 0.906 bits per heavy atom. The first-order valence-electron chi connectivity index (χ1n) is 14.5. The standard InChI is InChI=1S/C29H59NO2/c1-5-7-9-11-13-15-16-17-19-21-23-25-27(32-29(31)28(30)26(3)4)24-22-20-18-14-12-10-8-6-2/h26-28H,5-25,30H2,1-4H3. The molecule has 0 saturated carbocycles. The summed E-state index contributed by atoms with van der Waals surface area (Å²) in [6.07, 6.45) is 27.4. The second kappa shape index (κ2) is 23.6. The Hall–Kier alpha value is -0.570. The van der Waals surface area contributed by atoms with Gasteiger partial charge in [0.05, 0.1) is 0 Å². The zero-order valence-electron chi connectivity index (χ0n) is 22.5. The maximum absolute atomic E-state index is 12.4. The summed E-state index contributed by atoms with van der Waals surface area (Å²) in [7, 11) is 0. The van der Waals surface area contributed by atoms with E-state index in [9.17, 15) is 4.79 Å². The van der Waals surface area contributed by atoms with Gasteiger partial charge in [-0.2, -0.15) is 0 Å². The average Bonchev–Trinajstić information content (AvgIpc) is 2.78. The molecule has 0 bridgehead atoms. The van der Waals surface area contributed by atoms with Crippen LogP contribution in [0, 0.1) is 5.92 Å². The third kappa shape index (κ3) is 20.1. The molecule has 2 unspecified atom stereocenters. The minimum absolute atomic E-state index is 0.0611. The number of carbonyl (C=O) groups is 1. The van der Waals surface area contributed by atoms with E-state index < -0.39 is 6.04 Å². The number of esters is 1. The molecule has 3 heteroatoms. The van der Waals surface area contributed by atoms with E-state index in [2.05, 4.69) is 13.8 Å². The van der Waals surface area contributed by atoms with Crippen LogP contribution in [0.4, 0.5) is 0 Å². The summed E-state index contributed by atoms with van der Waals surface area (Å²) in [4.78, 5) is 12.4. The second-order valence-electron chi connectivity index (χ2n) is 10.4. The summed E-state index contributed by atoms with van der Waals surface area (Å²) in [6, 6.07) is -0.492. The Morgan fingerprint density at radius 3 is 1.22 bits per heavy atom. The first kappa shape index (κ1) is 31.4. The van der Waals surface area contributed by atoms with E-state index >= 15 is 0 Å². The van der Waals surface area contributed by atoms with Crippen LogP contribution in [0.1, 0.15) is 163 Å². The molecule has 0 aromatic rings. The highest BCUT2D eigenvalue weighted by atomic mass is 16.5. The van der Waals surface area contributed by atoms with E-state index in [-0.39, 0.29) is 18.0 Å². The summed E-state index contributed by atoms with van der Waals surface area (Å²) >= 11 is 0. The number of hydrogen-bond donors (Lipinski definition) is 1. The monoisotopic (exact) mass is 453 g/mol. The van der Waals surface area contributed by atoms with Gasteiger partial charge in [0.15, 0.2) is 0 Å². The lowest BCUT2D eigenvalue weighted by molar-refractivity contribution is -0.152. The Balaban J connectivity index is 4.00. The molecular weight excluding hydrogens is 394 g/mol. The van der Waals surface area contributed by atoms with Crippen molar-refractivity contribution in [3.63, 3.8) is 0 Å². The third-order valence-corrected chi connectivity index (χ3v) is 6.78. The minimum atomic E-state index is -0.492. The number of unbranched alkanes of at least 4 members (excludes halogenated alkanes) is 17. The molecule has 3 nitrogen and oxygen atoms in total. The van der Waals surface area contributed by atoms with Crippen molar-refractivity contribution in [2.45, 2.75) is 175 Å². The van der Waals surface area contributed by atoms with Gasteiger partial charge in [-0.3, -0.25) is 4.79 Å². The number of carbonyl (C=O) groups excluding carboxylic acids is 1. The molecule has 0 aromatic carbocycles. The maximum Gasteiger partial charge on any atom is 0.323 e. The lowest BCUT2D eigenvalue weighted by atomic mass is 10.0. The molecule has 0 saturated heterocycles. The fraction of sp³-hybridized carbons (Fsp3) is 0.966. The van der Waals surface area contributed by atoms with Crippen molar-refractivity contribution in [2.75, 3.05) is 0 Å². The number of hydrogen-bond acceptors (Lipinski definition) is 3. The van der Waals surface area contributed by atoms with Crippen molar-refractivity contribution in [3.05, 3.63) is 0 Å². The third-order valence-electron chi connectivity index (χ3n) is 6.78. The molecule has 0 aliphatic carbocycles. The second-order valence-corrected chi connectivity index (χ2v) is 10.4. The van der Waals surface area contributed by atoms with Gasteiger partial charge in [0.1, 0.15) is 12.1 Å². The highest BCUT2D eigenvalue weighted by Crippen LogP contribution is 2.19. The van der Waals surface area contributed by atoms with Crippen molar-refractivity contribution < 1.29 is 9.53 Å². The fourth-order valence-corrected chi connectivity index (χ4v) is 4.32. The lowest BCUT2D eigenvalue weighted by Gasteiger charge is -2.22. The summed E-state index contributed by atoms with van der Waals surface area (Å²) in [5.41, 5.74) is 6.03. The van der Waals surface area contributed by atoms with Crippen LogP contribution in [-0.4, -0.2) is 18.1 Å². The molecule has 0 radical (unpaired) electrons. The van der Waals surface area contributed by atoms with E-state index in [0.717, 1.165) is 12.8 Å². The van der Waals surface area contributed by atoms with Gasteiger partial charge in [-0.15, -0.1) is 0 Å². The van der Waals surface area contributed by atoms with Gasteiger partial charge < -0.3 is 10.5 Å². The lowest BCUT2D eigenvalue weighted by Crippen LogP contribution is -2.39. The molecule has 0 spiro atoms. The molecule has 0 aliphatic rings. The summed E-state index contributed by atoms with van der Waals surface area (Å²) < 4.78 is 5.86. The Bertz CT molecular complexity index is 397.